The molecule has 0 bridgehead atoms. The van der Waals surface area contributed by atoms with Gasteiger partial charge in [-0.1, -0.05) is 82.7 Å². The maximum Gasteiger partial charge on any atom is 0.472 e. The summed E-state index contributed by atoms with van der Waals surface area (Å²) in [7, 11) is -4.34. The van der Waals surface area contributed by atoms with Crippen LogP contribution in [0.4, 0.5) is 0 Å². The van der Waals surface area contributed by atoms with E-state index in [0.29, 0.717) is 19.5 Å². The molecule has 0 aromatic heterocycles. The van der Waals surface area contributed by atoms with Crippen LogP contribution in [0, 0.1) is 0 Å². The van der Waals surface area contributed by atoms with Crippen molar-refractivity contribution in [2.45, 2.75) is 77.7 Å². The number of hydrogen-bond donors (Lipinski definition) is 4. The topological polar surface area (TPSA) is 177 Å². The molecule has 2 unspecified atom stereocenters. The molecule has 0 aliphatic carbocycles. The fourth-order valence-corrected chi connectivity index (χ4v) is 5.95. The number of unbranched alkanes of at least 4 members (excludes halogenated alkanes) is 7. The van der Waals surface area contributed by atoms with Crippen LogP contribution in [0.2, 0.25) is 0 Å². The number of aliphatic carboxylic acids is 3. The van der Waals surface area contributed by atoms with Crippen molar-refractivity contribution < 1.29 is 48.2 Å². The lowest BCUT2D eigenvalue weighted by Gasteiger charge is -2.34. The van der Waals surface area contributed by atoms with Gasteiger partial charge in [0.25, 0.3) is 0 Å². The zero-order valence-corrected chi connectivity index (χ0v) is 27.8. The van der Waals surface area contributed by atoms with Gasteiger partial charge in [-0.25, -0.2) is 4.57 Å². The molecule has 0 aliphatic heterocycles. The van der Waals surface area contributed by atoms with Gasteiger partial charge in [0, 0.05) is 25.7 Å². The van der Waals surface area contributed by atoms with Crippen LogP contribution in [-0.2, 0) is 34.4 Å². The van der Waals surface area contributed by atoms with Crippen LogP contribution >= 0.6 is 7.82 Å². The van der Waals surface area contributed by atoms with E-state index in [1.807, 2.05) is 24.8 Å². The summed E-state index contributed by atoms with van der Waals surface area (Å²) >= 11 is 0. The molecule has 0 radical (unpaired) electrons. The molecule has 2 atom stereocenters. The molecule has 0 heterocycles. The second-order valence-corrected chi connectivity index (χ2v) is 12.6. The van der Waals surface area contributed by atoms with Crippen molar-refractivity contribution >= 4 is 25.7 Å². The molecule has 1 aromatic rings. The summed E-state index contributed by atoms with van der Waals surface area (Å²) in [5.74, 6) is -3.50. The molecule has 258 valence electrons. The maximum absolute atomic E-state index is 12.6. The maximum atomic E-state index is 12.6. The first-order valence-corrected chi connectivity index (χ1v) is 17.4. The molecule has 0 aliphatic rings. The summed E-state index contributed by atoms with van der Waals surface area (Å²) in [6, 6.07) is 10.0. The molecule has 14 heteroatoms. The lowest BCUT2D eigenvalue weighted by atomic mass is 10.0. The van der Waals surface area contributed by atoms with Gasteiger partial charge in [-0.15, -0.1) is 0 Å². The molecule has 0 fully saturated rings. The van der Waals surface area contributed by atoms with Crippen molar-refractivity contribution in [3.8, 4) is 0 Å². The van der Waals surface area contributed by atoms with E-state index in [1.54, 1.807) is 0 Å². The van der Waals surface area contributed by atoms with Gasteiger partial charge in [0.05, 0.1) is 32.8 Å². The monoisotopic (exact) mass is 659 g/mol. The molecule has 0 saturated carbocycles. The van der Waals surface area contributed by atoms with E-state index < -0.39 is 44.9 Å². The highest BCUT2D eigenvalue weighted by atomic mass is 31.2. The SMILES string of the molecule is CCN(CC)C(COP(=O)(O)OCCCCCCCCCCc1ccccc1)CN(CCN(CC(=O)O)CC(=O)O)CC(=O)O. The quantitative estimate of drug-likeness (QED) is 0.0716. The van der Waals surface area contributed by atoms with Gasteiger partial charge in [-0.05, 0) is 37.9 Å². The van der Waals surface area contributed by atoms with Gasteiger partial charge in [0.2, 0.25) is 0 Å². The normalized spacial score (nSPS) is 13.7. The van der Waals surface area contributed by atoms with E-state index in [9.17, 15) is 28.9 Å². The number of carboxylic acid groups (broad SMARTS) is 3. The van der Waals surface area contributed by atoms with Crippen molar-refractivity contribution in [3.63, 3.8) is 0 Å². The number of phosphoric ester groups is 1. The number of carboxylic acids is 3. The Labute approximate surface area is 267 Å². The minimum absolute atomic E-state index is 0.00751. The van der Waals surface area contributed by atoms with Crippen molar-refractivity contribution in [2.24, 2.45) is 0 Å². The molecule has 0 spiro atoms. The predicted octanol–water partition coefficient (Wildman–Crippen LogP) is 4.05. The molecule has 0 saturated heterocycles. The van der Waals surface area contributed by atoms with E-state index in [2.05, 4.69) is 24.3 Å². The molecule has 4 N–H and O–H groups in total. The van der Waals surface area contributed by atoms with Gasteiger partial charge in [-0.3, -0.25) is 38.1 Å². The van der Waals surface area contributed by atoms with Crippen LogP contribution in [-0.4, -0.2) is 124 Å². The molecular formula is C31H54N3O10P. The standard InChI is InChI=1S/C31H54N3O10P/c1-3-34(4-2)28(22-32(23-29(35)36)19-20-33(24-30(37)38)25-31(39)40)26-44-45(41,42)43-21-15-10-8-6-5-7-9-12-16-27-17-13-11-14-18-27/h11,13-14,17-18,28H,3-10,12,15-16,19-26H2,1-2H3,(H,35,36)(H,37,38)(H,39,40)(H,41,42). The number of phosphoric acid groups is 1. The Morgan fingerprint density at radius 3 is 1.76 bits per heavy atom. The van der Waals surface area contributed by atoms with Gasteiger partial charge >= 0.3 is 25.7 Å². The van der Waals surface area contributed by atoms with Crippen molar-refractivity contribution in [1.29, 1.82) is 0 Å². The summed E-state index contributed by atoms with van der Waals surface area (Å²) in [4.78, 5) is 48.8. The van der Waals surface area contributed by atoms with Crippen LogP contribution in [0.5, 0.6) is 0 Å². The highest BCUT2D eigenvalue weighted by Gasteiger charge is 2.27. The number of rotatable bonds is 29. The smallest absolute Gasteiger partial charge is 0.472 e. The van der Waals surface area contributed by atoms with E-state index >= 15 is 0 Å². The molecule has 1 aromatic carbocycles. The summed E-state index contributed by atoms with van der Waals surface area (Å²) in [6.45, 7) is 3.67. The average Bonchev–Trinajstić information content (AvgIpc) is 2.97. The van der Waals surface area contributed by atoms with Crippen LogP contribution in [0.1, 0.15) is 70.8 Å². The summed E-state index contributed by atoms with van der Waals surface area (Å²) in [5.41, 5.74) is 1.38. The second kappa shape index (κ2) is 23.9. The Bertz CT molecular complexity index is 997. The van der Waals surface area contributed by atoms with Crippen molar-refractivity contribution in [1.82, 2.24) is 14.7 Å². The van der Waals surface area contributed by atoms with Crippen LogP contribution in [0.15, 0.2) is 30.3 Å². The minimum atomic E-state index is -4.34. The first kappa shape index (κ1) is 40.6. The van der Waals surface area contributed by atoms with Gasteiger partial charge in [0.1, 0.15) is 0 Å². The van der Waals surface area contributed by atoms with Crippen LogP contribution in [0.3, 0.4) is 0 Å². The fourth-order valence-electron chi connectivity index (χ4n) is 5.15. The molecule has 0 amide bonds. The summed E-state index contributed by atoms with van der Waals surface area (Å²) in [5, 5.41) is 27.6. The fraction of sp³-hybridized carbons (Fsp3) is 0.710. The van der Waals surface area contributed by atoms with E-state index in [-0.39, 0.29) is 39.4 Å². The molecule has 45 heavy (non-hydrogen) atoms. The third kappa shape index (κ3) is 21.1. The molecule has 13 nitrogen and oxygen atoms in total. The largest absolute Gasteiger partial charge is 0.480 e. The number of likely N-dealkylation sites (N-methyl/N-ethyl adjacent to an activating group) is 1. The number of hydrogen-bond acceptors (Lipinski definition) is 9. The van der Waals surface area contributed by atoms with Gasteiger partial charge < -0.3 is 20.2 Å². The first-order chi connectivity index (χ1) is 21.5. The van der Waals surface area contributed by atoms with Gasteiger partial charge in [0.15, 0.2) is 0 Å². The Hall–Kier alpha value is -2.38. The zero-order chi connectivity index (χ0) is 33.5. The predicted molar refractivity (Wildman–Crippen MR) is 171 cm³/mol. The van der Waals surface area contributed by atoms with Crippen LogP contribution < -0.4 is 0 Å². The van der Waals surface area contributed by atoms with E-state index in [0.717, 1.165) is 25.7 Å². The number of aryl methyl sites for hydroxylation is 1. The lowest BCUT2D eigenvalue weighted by Crippen LogP contribution is -2.49. The van der Waals surface area contributed by atoms with E-state index in [1.165, 1.54) is 41.0 Å². The van der Waals surface area contributed by atoms with Crippen LogP contribution in [0.25, 0.3) is 0 Å². The third-order valence-electron chi connectivity index (χ3n) is 7.49. The Balaban J connectivity index is 2.47. The highest BCUT2D eigenvalue weighted by molar-refractivity contribution is 7.47. The summed E-state index contributed by atoms with van der Waals surface area (Å²) < 4.78 is 23.1. The number of carbonyl (C=O) groups is 3. The second-order valence-electron chi connectivity index (χ2n) is 11.2. The Morgan fingerprint density at radius 2 is 1.22 bits per heavy atom. The Morgan fingerprint density at radius 1 is 0.733 bits per heavy atom. The highest BCUT2D eigenvalue weighted by Crippen LogP contribution is 2.43. The van der Waals surface area contributed by atoms with Crippen molar-refractivity contribution in [3.05, 3.63) is 35.9 Å². The zero-order valence-electron chi connectivity index (χ0n) is 26.9. The number of benzene rings is 1. The Kier molecular flexibility index (Phi) is 21.6. The number of nitrogens with zero attached hydrogens (tertiary/aromatic N) is 3. The van der Waals surface area contributed by atoms with Gasteiger partial charge in [-0.2, -0.15) is 0 Å². The summed E-state index contributed by atoms with van der Waals surface area (Å²) in [6.07, 6.45) is 9.53. The minimum Gasteiger partial charge on any atom is -0.480 e. The molecular weight excluding hydrogens is 605 g/mol. The van der Waals surface area contributed by atoms with Crippen molar-refractivity contribution in [2.75, 3.05) is 65.6 Å². The average molecular weight is 660 g/mol. The van der Waals surface area contributed by atoms with E-state index in [4.69, 9.17) is 19.3 Å². The molecule has 1 rings (SSSR count). The first-order valence-electron chi connectivity index (χ1n) is 16.0. The lowest BCUT2D eigenvalue weighted by molar-refractivity contribution is -0.143. The third-order valence-corrected chi connectivity index (χ3v) is 8.48.